The lowest BCUT2D eigenvalue weighted by Gasteiger charge is -2.30. The summed E-state index contributed by atoms with van der Waals surface area (Å²) >= 11 is 6.85. The van der Waals surface area contributed by atoms with Crippen molar-refractivity contribution in [3.63, 3.8) is 0 Å². The summed E-state index contributed by atoms with van der Waals surface area (Å²) < 4.78 is 2.01. The summed E-state index contributed by atoms with van der Waals surface area (Å²) in [6.45, 7) is 3.35. The maximum atomic E-state index is 13.7. The molecule has 0 bridgehead atoms. The predicted molar refractivity (Wildman–Crippen MR) is 153 cm³/mol. The number of nitrogens with zero attached hydrogens (tertiary/aromatic N) is 4. The molecule has 1 amide bonds. The van der Waals surface area contributed by atoms with Crippen LogP contribution in [0, 0.1) is 0 Å². The van der Waals surface area contributed by atoms with Gasteiger partial charge in [-0.1, -0.05) is 84.6 Å². The van der Waals surface area contributed by atoms with Crippen LogP contribution in [0.2, 0.25) is 0 Å². The van der Waals surface area contributed by atoms with E-state index in [9.17, 15) is 9.59 Å². The van der Waals surface area contributed by atoms with E-state index < -0.39 is 0 Å². The Morgan fingerprint density at radius 3 is 2.51 bits per heavy atom. The summed E-state index contributed by atoms with van der Waals surface area (Å²) in [7, 11) is 0. The molecular weight excluding hydrogens is 500 g/mol. The molecule has 6 nitrogen and oxygen atoms in total. The minimum Gasteiger partial charge on any atom is -0.351 e. The number of thiocarbonyl (C=S) groups is 1. The lowest BCUT2D eigenvalue weighted by atomic mass is 9.99. The second-order valence-corrected chi connectivity index (χ2v) is 10.8. The highest BCUT2D eigenvalue weighted by Gasteiger charge is 2.36. The van der Waals surface area contributed by atoms with Gasteiger partial charge in [0.05, 0.1) is 16.5 Å². The van der Waals surface area contributed by atoms with E-state index in [0.29, 0.717) is 32.8 Å². The molecule has 1 atom stereocenters. The molecule has 2 aromatic heterocycles. The molecule has 8 heteroatoms. The molecule has 2 aromatic carbocycles. The van der Waals surface area contributed by atoms with Gasteiger partial charge in [-0.25, -0.2) is 4.98 Å². The molecule has 0 N–H and O–H groups in total. The van der Waals surface area contributed by atoms with Crippen LogP contribution in [0.1, 0.15) is 35.2 Å². The first-order valence-corrected chi connectivity index (χ1v) is 13.4. The van der Waals surface area contributed by atoms with Crippen molar-refractivity contribution in [1.29, 1.82) is 0 Å². The number of hydrogen-bond donors (Lipinski definition) is 0. The Labute approximate surface area is 224 Å². The topological polar surface area (TPSA) is 57.9 Å². The van der Waals surface area contributed by atoms with Gasteiger partial charge in [-0.2, -0.15) is 0 Å². The summed E-state index contributed by atoms with van der Waals surface area (Å²) in [4.78, 5) is 36.4. The van der Waals surface area contributed by atoms with Crippen molar-refractivity contribution < 1.29 is 4.79 Å². The lowest BCUT2D eigenvalue weighted by molar-refractivity contribution is -0.123. The van der Waals surface area contributed by atoms with Crippen molar-refractivity contribution in [3.05, 3.63) is 117 Å². The minimum atomic E-state index is -0.214. The normalized spacial score (nSPS) is 17.5. The maximum absolute atomic E-state index is 13.7. The van der Waals surface area contributed by atoms with Crippen molar-refractivity contribution in [2.45, 2.75) is 25.9 Å². The van der Waals surface area contributed by atoms with Gasteiger partial charge in [-0.3, -0.25) is 18.9 Å². The van der Waals surface area contributed by atoms with Gasteiger partial charge in [0, 0.05) is 19.3 Å². The van der Waals surface area contributed by atoms with Gasteiger partial charge < -0.3 is 4.90 Å². The van der Waals surface area contributed by atoms with Gasteiger partial charge in [0.1, 0.15) is 15.8 Å². The van der Waals surface area contributed by atoms with Crippen LogP contribution in [0.25, 0.3) is 11.7 Å². The Balaban J connectivity index is 1.43. The van der Waals surface area contributed by atoms with Crippen LogP contribution < -0.4 is 10.5 Å². The van der Waals surface area contributed by atoms with Crippen molar-refractivity contribution in [3.8, 4) is 0 Å². The van der Waals surface area contributed by atoms with E-state index in [1.54, 1.807) is 23.2 Å². The van der Waals surface area contributed by atoms with Gasteiger partial charge in [0.2, 0.25) is 0 Å². The molecular formula is C29H24N4O2S2. The average Bonchev–Trinajstić information content (AvgIpc) is 3.22. The zero-order valence-electron chi connectivity index (χ0n) is 20.2. The highest BCUT2D eigenvalue weighted by molar-refractivity contribution is 8.26. The molecule has 37 heavy (non-hydrogen) atoms. The third-order valence-electron chi connectivity index (χ3n) is 6.95. The predicted octanol–water partition coefficient (Wildman–Crippen LogP) is 5.22. The van der Waals surface area contributed by atoms with Crippen LogP contribution in [0.4, 0.5) is 5.82 Å². The largest absolute Gasteiger partial charge is 0.351 e. The number of amides is 1. The second kappa shape index (κ2) is 9.61. The summed E-state index contributed by atoms with van der Waals surface area (Å²) in [5.74, 6) is 0.394. The summed E-state index contributed by atoms with van der Waals surface area (Å²) in [5, 5.41) is 0. The van der Waals surface area contributed by atoms with Gasteiger partial charge in [-0.05, 0) is 48.2 Å². The summed E-state index contributed by atoms with van der Waals surface area (Å²) in [6.07, 6.45) is 4.25. The van der Waals surface area contributed by atoms with Crippen LogP contribution in [-0.4, -0.2) is 31.1 Å². The molecule has 1 saturated heterocycles. The van der Waals surface area contributed by atoms with E-state index in [1.807, 2.05) is 55.5 Å². The molecule has 0 aliphatic carbocycles. The van der Waals surface area contributed by atoms with E-state index in [-0.39, 0.29) is 17.5 Å². The van der Waals surface area contributed by atoms with Crippen molar-refractivity contribution in [1.82, 2.24) is 14.3 Å². The minimum absolute atomic E-state index is 0.196. The molecule has 0 spiro atoms. The van der Waals surface area contributed by atoms with Crippen LogP contribution >= 0.6 is 24.0 Å². The number of hydrogen-bond acceptors (Lipinski definition) is 6. The summed E-state index contributed by atoms with van der Waals surface area (Å²) in [5.41, 5.74) is 4.30. The molecule has 184 valence electrons. The Kier molecular flexibility index (Phi) is 6.14. The maximum Gasteiger partial charge on any atom is 0.267 e. The summed E-state index contributed by atoms with van der Waals surface area (Å²) in [6, 6.07) is 23.4. The van der Waals surface area contributed by atoms with Crippen LogP contribution in [0.3, 0.4) is 0 Å². The molecule has 4 heterocycles. The molecule has 2 aliphatic heterocycles. The van der Waals surface area contributed by atoms with E-state index in [2.05, 4.69) is 23.1 Å². The molecule has 2 aliphatic rings. The Morgan fingerprint density at radius 1 is 0.973 bits per heavy atom. The lowest BCUT2D eigenvalue weighted by Crippen LogP contribution is -2.34. The second-order valence-electron chi connectivity index (χ2n) is 9.16. The van der Waals surface area contributed by atoms with Crippen molar-refractivity contribution in [2.24, 2.45) is 0 Å². The van der Waals surface area contributed by atoms with Gasteiger partial charge in [0.15, 0.2) is 0 Å². The number of pyridine rings is 1. The van der Waals surface area contributed by atoms with Crippen LogP contribution in [0.15, 0.2) is 88.7 Å². The van der Waals surface area contributed by atoms with E-state index in [4.69, 9.17) is 17.2 Å². The smallest absolute Gasteiger partial charge is 0.267 e. The van der Waals surface area contributed by atoms with Gasteiger partial charge >= 0.3 is 0 Å². The SMILES string of the molecule is CC(c1ccccc1)N1C(=O)/C(=C\c2c(N3CCc4ccccc4C3)nc3ccccn3c2=O)SC1=S. The third kappa shape index (κ3) is 4.26. The fourth-order valence-corrected chi connectivity index (χ4v) is 6.36. The average molecular weight is 525 g/mol. The zero-order chi connectivity index (χ0) is 25.5. The van der Waals surface area contributed by atoms with Gasteiger partial charge in [0.25, 0.3) is 11.5 Å². The third-order valence-corrected chi connectivity index (χ3v) is 8.28. The van der Waals surface area contributed by atoms with Gasteiger partial charge in [-0.15, -0.1) is 0 Å². The zero-order valence-corrected chi connectivity index (χ0v) is 21.8. The molecule has 0 radical (unpaired) electrons. The van der Waals surface area contributed by atoms with Crippen molar-refractivity contribution in [2.75, 3.05) is 11.4 Å². The molecule has 4 aromatic rings. The molecule has 0 saturated carbocycles. The number of carbonyl (C=O) groups excluding carboxylic acids is 1. The quantitative estimate of drug-likeness (QED) is 0.270. The fraction of sp³-hybridized carbons (Fsp3) is 0.172. The Hall–Kier alpha value is -3.75. The standard InChI is InChI=1S/C29H24N4O2S2/c1-19(20-9-3-2-4-10-20)33-28(35)24(37-29(33)36)17-23-26(30-25-13-7-8-15-32(25)27(23)34)31-16-14-21-11-5-6-12-22(21)18-31/h2-13,15,17,19H,14,16,18H2,1H3/b24-17+. The Morgan fingerprint density at radius 2 is 1.70 bits per heavy atom. The number of benzene rings is 2. The number of aromatic nitrogens is 2. The highest BCUT2D eigenvalue weighted by atomic mass is 32.2. The van der Waals surface area contributed by atoms with Crippen molar-refractivity contribution >= 4 is 51.7 Å². The molecule has 6 rings (SSSR count). The number of carbonyl (C=O) groups is 1. The fourth-order valence-electron chi connectivity index (χ4n) is 4.96. The Bertz CT molecular complexity index is 1630. The number of rotatable bonds is 4. The number of anilines is 1. The van der Waals surface area contributed by atoms with E-state index >= 15 is 0 Å². The number of thioether (sulfide) groups is 1. The number of fused-ring (bicyclic) bond motifs is 2. The van der Waals surface area contributed by atoms with E-state index in [1.165, 1.54) is 27.3 Å². The monoisotopic (exact) mass is 524 g/mol. The first kappa shape index (κ1) is 23.6. The van der Waals surface area contributed by atoms with E-state index in [0.717, 1.165) is 18.5 Å². The highest BCUT2D eigenvalue weighted by Crippen LogP contribution is 2.38. The van der Waals surface area contributed by atoms with Crippen LogP contribution in [-0.2, 0) is 17.8 Å². The van der Waals surface area contributed by atoms with Crippen LogP contribution in [0.5, 0.6) is 0 Å². The molecule has 1 fully saturated rings. The first-order valence-electron chi connectivity index (χ1n) is 12.2. The first-order chi connectivity index (χ1) is 18.0. The molecule has 1 unspecified atom stereocenters.